The van der Waals surface area contributed by atoms with Gasteiger partial charge >= 0.3 is 5.97 Å². The van der Waals surface area contributed by atoms with E-state index in [9.17, 15) is 19.2 Å². The predicted octanol–water partition coefficient (Wildman–Crippen LogP) is 2.69. The molecule has 126 valence electrons. The molecule has 1 atom stereocenters. The lowest BCUT2D eigenvalue weighted by molar-refractivity contribution is -0.135. The summed E-state index contributed by atoms with van der Waals surface area (Å²) in [6.07, 6.45) is 2.38. The summed E-state index contributed by atoms with van der Waals surface area (Å²) in [6, 6.07) is 8.43. The molecule has 2 rings (SSSR count). The van der Waals surface area contributed by atoms with E-state index in [0.717, 1.165) is 0 Å². The number of allylic oxidation sites excluding steroid dienone is 1. The van der Waals surface area contributed by atoms with E-state index in [1.54, 1.807) is 37.3 Å². The normalized spacial score (nSPS) is 17.9. The largest absolute Gasteiger partial charge is 0.454 e. The SMILES string of the molecule is CC(=O)/C=C/C(CC1(C)C(=O)CCC1=O)OC(=O)c1ccccc1. The van der Waals surface area contributed by atoms with Gasteiger partial charge in [0.2, 0.25) is 0 Å². The van der Waals surface area contributed by atoms with Crippen LogP contribution in [0.15, 0.2) is 42.5 Å². The minimum absolute atomic E-state index is 0.0486. The van der Waals surface area contributed by atoms with E-state index in [1.807, 2.05) is 0 Å². The second-order valence-corrected chi connectivity index (χ2v) is 6.16. The molecule has 1 aromatic carbocycles. The summed E-state index contributed by atoms with van der Waals surface area (Å²) in [5, 5.41) is 0. The molecule has 0 radical (unpaired) electrons. The van der Waals surface area contributed by atoms with E-state index < -0.39 is 17.5 Å². The number of ketones is 3. The number of benzene rings is 1. The number of esters is 1. The van der Waals surface area contributed by atoms with Gasteiger partial charge in [-0.25, -0.2) is 4.79 Å². The molecule has 0 spiro atoms. The number of carbonyl (C=O) groups is 4. The fraction of sp³-hybridized carbons (Fsp3) is 0.368. The molecule has 5 nitrogen and oxygen atoms in total. The van der Waals surface area contributed by atoms with E-state index in [1.165, 1.54) is 19.1 Å². The lowest BCUT2D eigenvalue weighted by Crippen LogP contribution is -2.34. The highest BCUT2D eigenvalue weighted by molar-refractivity contribution is 6.12. The van der Waals surface area contributed by atoms with Gasteiger partial charge in [0.15, 0.2) is 5.78 Å². The number of rotatable bonds is 6. The van der Waals surface area contributed by atoms with Crippen molar-refractivity contribution >= 4 is 23.3 Å². The van der Waals surface area contributed by atoms with Crippen molar-refractivity contribution in [2.24, 2.45) is 5.41 Å². The lowest BCUT2D eigenvalue weighted by atomic mass is 9.81. The average molecular weight is 328 g/mol. The van der Waals surface area contributed by atoms with E-state index in [4.69, 9.17) is 4.74 Å². The number of ether oxygens (including phenoxy) is 1. The van der Waals surface area contributed by atoms with E-state index >= 15 is 0 Å². The minimum atomic E-state index is -1.16. The maximum Gasteiger partial charge on any atom is 0.338 e. The maximum absolute atomic E-state index is 12.2. The van der Waals surface area contributed by atoms with Gasteiger partial charge in [-0.05, 0) is 38.1 Å². The van der Waals surface area contributed by atoms with Gasteiger partial charge in [-0.3, -0.25) is 14.4 Å². The van der Waals surface area contributed by atoms with Gasteiger partial charge in [-0.1, -0.05) is 18.2 Å². The summed E-state index contributed by atoms with van der Waals surface area (Å²) in [4.78, 5) is 47.6. The van der Waals surface area contributed by atoms with Crippen molar-refractivity contribution in [2.45, 2.75) is 39.2 Å². The minimum Gasteiger partial charge on any atom is -0.454 e. The van der Waals surface area contributed by atoms with Gasteiger partial charge in [0.05, 0.1) is 11.0 Å². The van der Waals surface area contributed by atoms with Gasteiger partial charge in [0.25, 0.3) is 0 Å². The highest BCUT2D eigenvalue weighted by Gasteiger charge is 2.46. The molecule has 0 N–H and O–H groups in total. The summed E-state index contributed by atoms with van der Waals surface area (Å²) in [5.74, 6) is -1.06. The van der Waals surface area contributed by atoms with Crippen molar-refractivity contribution in [1.82, 2.24) is 0 Å². The Bertz CT molecular complexity index is 671. The molecule has 24 heavy (non-hydrogen) atoms. The van der Waals surface area contributed by atoms with Crippen molar-refractivity contribution in [1.29, 1.82) is 0 Å². The van der Waals surface area contributed by atoms with E-state index in [2.05, 4.69) is 0 Å². The van der Waals surface area contributed by atoms with Crippen LogP contribution in [0.3, 0.4) is 0 Å². The monoisotopic (exact) mass is 328 g/mol. The Morgan fingerprint density at radius 2 is 1.75 bits per heavy atom. The van der Waals surface area contributed by atoms with Gasteiger partial charge in [-0.15, -0.1) is 0 Å². The molecule has 1 unspecified atom stereocenters. The van der Waals surface area contributed by atoms with Gasteiger partial charge in [0.1, 0.15) is 17.7 Å². The zero-order chi connectivity index (χ0) is 17.7. The van der Waals surface area contributed by atoms with Crippen LogP contribution >= 0.6 is 0 Å². The fourth-order valence-electron chi connectivity index (χ4n) is 2.74. The van der Waals surface area contributed by atoms with Crippen LogP contribution in [0.25, 0.3) is 0 Å². The van der Waals surface area contributed by atoms with Crippen LogP contribution < -0.4 is 0 Å². The molecule has 0 heterocycles. The molecular weight excluding hydrogens is 308 g/mol. The summed E-state index contributed by atoms with van der Waals surface area (Å²) < 4.78 is 5.43. The quantitative estimate of drug-likeness (QED) is 0.456. The third kappa shape index (κ3) is 4.04. The highest BCUT2D eigenvalue weighted by Crippen LogP contribution is 2.36. The lowest BCUT2D eigenvalue weighted by Gasteiger charge is -2.25. The van der Waals surface area contributed by atoms with Crippen LogP contribution in [-0.2, 0) is 19.1 Å². The summed E-state index contributed by atoms with van der Waals surface area (Å²) in [6.45, 7) is 2.95. The zero-order valence-electron chi connectivity index (χ0n) is 13.8. The van der Waals surface area contributed by atoms with Crippen LogP contribution in [0.5, 0.6) is 0 Å². The first-order chi connectivity index (χ1) is 11.3. The molecule has 0 saturated heterocycles. The van der Waals surface area contributed by atoms with Gasteiger partial charge in [0, 0.05) is 19.3 Å². The van der Waals surface area contributed by atoms with Crippen LogP contribution in [-0.4, -0.2) is 29.4 Å². The Kier molecular flexibility index (Phi) is 5.44. The molecule has 0 amide bonds. The van der Waals surface area contributed by atoms with Crippen LogP contribution in [0.4, 0.5) is 0 Å². The van der Waals surface area contributed by atoms with Crippen molar-refractivity contribution in [3.63, 3.8) is 0 Å². The predicted molar refractivity (Wildman–Crippen MR) is 87.4 cm³/mol. The van der Waals surface area contributed by atoms with Crippen LogP contribution in [0, 0.1) is 5.41 Å². The molecule has 0 bridgehead atoms. The first kappa shape index (κ1) is 17.8. The Morgan fingerprint density at radius 1 is 1.17 bits per heavy atom. The number of hydrogen-bond acceptors (Lipinski definition) is 5. The first-order valence-electron chi connectivity index (χ1n) is 7.84. The third-order valence-corrected chi connectivity index (χ3v) is 4.23. The Labute approximate surface area is 140 Å². The number of hydrogen-bond donors (Lipinski definition) is 0. The van der Waals surface area contributed by atoms with Crippen molar-refractivity contribution in [3.8, 4) is 0 Å². The second-order valence-electron chi connectivity index (χ2n) is 6.16. The molecule has 1 aliphatic carbocycles. The molecule has 5 heteroatoms. The standard InChI is InChI=1S/C19H20O5/c1-13(20)8-9-15(12-19(2)16(21)10-11-17(19)22)24-18(23)14-6-4-3-5-7-14/h3-9,15H,10-12H2,1-2H3/b9-8+. The Balaban J connectivity index is 2.19. The summed E-state index contributed by atoms with van der Waals surface area (Å²) in [7, 11) is 0. The molecule has 0 aliphatic heterocycles. The molecule has 0 aromatic heterocycles. The van der Waals surface area contributed by atoms with Crippen molar-refractivity contribution in [2.75, 3.05) is 0 Å². The second kappa shape index (κ2) is 7.34. The molecule has 1 aromatic rings. The Morgan fingerprint density at radius 3 is 2.29 bits per heavy atom. The topological polar surface area (TPSA) is 77.5 Å². The van der Waals surface area contributed by atoms with Crippen molar-refractivity contribution in [3.05, 3.63) is 48.0 Å². The summed E-state index contributed by atoms with van der Waals surface area (Å²) >= 11 is 0. The molecular formula is C19H20O5. The average Bonchev–Trinajstić information content (AvgIpc) is 2.81. The summed E-state index contributed by atoms with van der Waals surface area (Å²) in [5.41, 5.74) is -0.795. The smallest absolute Gasteiger partial charge is 0.338 e. The zero-order valence-corrected chi connectivity index (χ0v) is 13.8. The Hall–Kier alpha value is -2.56. The van der Waals surface area contributed by atoms with E-state index in [0.29, 0.717) is 5.56 Å². The van der Waals surface area contributed by atoms with Crippen LogP contribution in [0.2, 0.25) is 0 Å². The fourth-order valence-corrected chi connectivity index (χ4v) is 2.74. The number of carbonyl (C=O) groups excluding carboxylic acids is 4. The third-order valence-electron chi connectivity index (χ3n) is 4.23. The first-order valence-corrected chi connectivity index (χ1v) is 7.84. The van der Waals surface area contributed by atoms with Gasteiger partial charge in [-0.2, -0.15) is 0 Å². The van der Waals surface area contributed by atoms with Crippen LogP contribution in [0.1, 0.15) is 43.5 Å². The van der Waals surface area contributed by atoms with Gasteiger partial charge < -0.3 is 4.74 Å². The molecule has 1 saturated carbocycles. The molecule has 1 fully saturated rings. The van der Waals surface area contributed by atoms with E-state index in [-0.39, 0.29) is 36.6 Å². The number of Topliss-reactive ketones (excluding diaryl/α,β-unsaturated/α-hetero) is 2. The van der Waals surface area contributed by atoms with Crippen molar-refractivity contribution < 1.29 is 23.9 Å². The molecule has 1 aliphatic rings. The highest BCUT2D eigenvalue weighted by atomic mass is 16.5. The maximum atomic E-state index is 12.2.